The highest BCUT2D eigenvalue weighted by Gasteiger charge is 2.33. The van der Waals surface area contributed by atoms with E-state index in [4.69, 9.17) is 11.6 Å². The highest BCUT2D eigenvalue weighted by Crippen LogP contribution is 2.39. The third-order valence-corrected chi connectivity index (χ3v) is 4.99. The molecule has 0 amide bonds. The molecule has 112 valence electrons. The van der Waals surface area contributed by atoms with E-state index in [1.165, 1.54) is 16.5 Å². The van der Waals surface area contributed by atoms with Crippen LogP contribution in [0.3, 0.4) is 0 Å². The second-order valence-electron chi connectivity index (χ2n) is 5.08. The Morgan fingerprint density at radius 2 is 2.05 bits per heavy atom. The lowest BCUT2D eigenvalue weighted by molar-refractivity contribution is -0.137. The van der Waals surface area contributed by atoms with E-state index in [-0.39, 0.29) is 11.1 Å². The van der Waals surface area contributed by atoms with Gasteiger partial charge in [0.05, 0.1) is 16.6 Å². The molecule has 1 atom stereocenters. The summed E-state index contributed by atoms with van der Waals surface area (Å²) in [5.41, 5.74) is 0.862. The summed E-state index contributed by atoms with van der Waals surface area (Å²) in [5.74, 6) is 0. The van der Waals surface area contributed by atoms with Gasteiger partial charge in [-0.05, 0) is 54.5 Å². The Balaban J connectivity index is 1.87. The van der Waals surface area contributed by atoms with Gasteiger partial charge >= 0.3 is 6.18 Å². The number of hydrogen-bond acceptors (Lipinski definition) is 2. The van der Waals surface area contributed by atoms with Gasteiger partial charge < -0.3 is 5.32 Å². The van der Waals surface area contributed by atoms with Gasteiger partial charge in [0, 0.05) is 10.6 Å². The van der Waals surface area contributed by atoms with E-state index in [1.54, 1.807) is 17.4 Å². The number of anilines is 1. The SMILES string of the molecule is FC(F)(F)c1cc(NC2CCCc3sccc32)ccc1Cl. The molecule has 0 spiro atoms. The van der Waals surface area contributed by atoms with Crippen LogP contribution in [0.5, 0.6) is 0 Å². The Labute approximate surface area is 129 Å². The van der Waals surface area contributed by atoms with E-state index < -0.39 is 11.7 Å². The molecule has 1 heterocycles. The Kier molecular flexibility index (Phi) is 3.88. The number of halogens is 4. The van der Waals surface area contributed by atoms with Crippen molar-refractivity contribution < 1.29 is 13.2 Å². The molecule has 21 heavy (non-hydrogen) atoms. The fraction of sp³-hybridized carbons (Fsp3) is 0.333. The van der Waals surface area contributed by atoms with E-state index >= 15 is 0 Å². The lowest BCUT2D eigenvalue weighted by atomic mass is 9.94. The molecule has 0 saturated carbocycles. The second-order valence-corrected chi connectivity index (χ2v) is 6.49. The minimum Gasteiger partial charge on any atom is -0.378 e. The van der Waals surface area contributed by atoms with Gasteiger partial charge in [-0.3, -0.25) is 0 Å². The molecule has 1 aromatic carbocycles. The Morgan fingerprint density at radius 1 is 1.24 bits per heavy atom. The molecule has 1 aliphatic rings. The van der Waals surface area contributed by atoms with Crippen LogP contribution in [-0.4, -0.2) is 0 Å². The highest BCUT2D eigenvalue weighted by molar-refractivity contribution is 7.10. The van der Waals surface area contributed by atoms with Crippen LogP contribution in [0.1, 0.15) is 34.9 Å². The quantitative estimate of drug-likeness (QED) is 0.721. The van der Waals surface area contributed by atoms with Crippen molar-refractivity contribution in [2.75, 3.05) is 5.32 Å². The molecule has 1 aromatic heterocycles. The normalized spacial score (nSPS) is 18.4. The van der Waals surface area contributed by atoms with Crippen LogP contribution in [0, 0.1) is 0 Å². The zero-order chi connectivity index (χ0) is 15.0. The van der Waals surface area contributed by atoms with Crippen LogP contribution in [0.15, 0.2) is 29.6 Å². The molecular formula is C15H13ClF3NS. The van der Waals surface area contributed by atoms with Crippen molar-refractivity contribution in [1.82, 2.24) is 0 Å². The molecule has 1 N–H and O–H groups in total. The number of benzene rings is 1. The molecule has 3 rings (SSSR count). The maximum atomic E-state index is 12.9. The first-order valence-electron chi connectivity index (χ1n) is 6.64. The topological polar surface area (TPSA) is 12.0 Å². The number of alkyl halides is 3. The summed E-state index contributed by atoms with van der Waals surface area (Å²) >= 11 is 7.35. The fourth-order valence-electron chi connectivity index (χ4n) is 2.67. The zero-order valence-electron chi connectivity index (χ0n) is 11.0. The third kappa shape index (κ3) is 3.04. The van der Waals surface area contributed by atoms with Crippen molar-refractivity contribution in [3.05, 3.63) is 50.7 Å². The van der Waals surface area contributed by atoms with Crippen molar-refractivity contribution in [2.45, 2.75) is 31.5 Å². The highest BCUT2D eigenvalue weighted by atomic mass is 35.5. The number of rotatable bonds is 2. The van der Waals surface area contributed by atoms with E-state index in [1.807, 2.05) is 5.38 Å². The molecular weight excluding hydrogens is 319 g/mol. The number of nitrogens with one attached hydrogen (secondary N) is 1. The van der Waals surface area contributed by atoms with Crippen LogP contribution in [-0.2, 0) is 12.6 Å². The molecule has 0 bridgehead atoms. The maximum absolute atomic E-state index is 12.9. The zero-order valence-corrected chi connectivity index (χ0v) is 12.6. The Bertz CT molecular complexity index is 651. The van der Waals surface area contributed by atoms with E-state index in [9.17, 15) is 13.2 Å². The van der Waals surface area contributed by atoms with Crippen molar-refractivity contribution in [2.24, 2.45) is 0 Å². The van der Waals surface area contributed by atoms with Gasteiger partial charge in [-0.25, -0.2) is 0 Å². The van der Waals surface area contributed by atoms with E-state index in [2.05, 4.69) is 11.4 Å². The van der Waals surface area contributed by atoms with E-state index in [0.717, 1.165) is 25.3 Å². The summed E-state index contributed by atoms with van der Waals surface area (Å²) in [6.07, 6.45) is -1.41. The second kappa shape index (κ2) is 5.54. The van der Waals surface area contributed by atoms with Crippen LogP contribution < -0.4 is 5.32 Å². The summed E-state index contributed by atoms with van der Waals surface area (Å²) in [4.78, 5) is 1.32. The standard InChI is InChI=1S/C15H13ClF3NS/c16-12-5-4-9(8-11(12)15(17,18)19)20-13-2-1-3-14-10(13)6-7-21-14/h4-8,13,20H,1-3H2. The molecule has 1 nitrogen and oxygen atoms in total. The van der Waals surface area contributed by atoms with Crippen molar-refractivity contribution >= 4 is 28.6 Å². The monoisotopic (exact) mass is 331 g/mol. The molecule has 0 saturated heterocycles. The molecule has 2 aromatic rings. The third-order valence-electron chi connectivity index (χ3n) is 3.66. The average molecular weight is 332 g/mol. The van der Waals surface area contributed by atoms with Crippen molar-refractivity contribution in [3.63, 3.8) is 0 Å². The number of hydrogen-bond donors (Lipinski definition) is 1. The minimum absolute atomic E-state index is 0.0715. The Morgan fingerprint density at radius 3 is 2.81 bits per heavy atom. The molecule has 0 fully saturated rings. The van der Waals surface area contributed by atoms with Gasteiger partial charge in [-0.1, -0.05) is 11.6 Å². The van der Waals surface area contributed by atoms with Gasteiger partial charge in [-0.2, -0.15) is 13.2 Å². The summed E-state index contributed by atoms with van der Waals surface area (Å²) < 4.78 is 38.7. The fourth-order valence-corrected chi connectivity index (χ4v) is 3.88. The lowest BCUT2D eigenvalue weighted by Gasteiger charge is -2.25. The molecule has 0 aliphatic heterocycles. The predicted molar refractivity (Wildman–Crippen MR) is 80.1 cm³/mol. The first kappa shape index (κ1) is 14.7. The predicted octanol–water partition coefficient (Wildman–Crippen LogP) is 5.91. The van der Waals surface area contributed by atoms with E-state index in [0.29, 0.717) is 5.69 Å². The molecule has 1 unspecified atom stereocenters. The first-order valence-corrected chi connectivity index (χ1v) is 7.90. The summed E-state index contributed by atoms with van der Waals surface area (Å²) in [7, 11) is 0. The van der Waals surface area contributed by atoms with Crippen LogP contribution in [0.2, 0.25) is 5.02 Å². The number of thiophene rings is 1. The maximum Gasteiger partial charge on any atom is 0.417 e. The smallest absolute Gasteiger partial charge is 0.378 e. The molecule has 1 aliphatic carbocycles. The van der Waals surface area contributed by atoms with Crippen molar-refractivity contribution in [3.8, 4) is 0 Å². The number of aryl methyl sites for hydroxylation is 1. The van der Waals surface area contributed by atoms with Gasteiger partial charge in [0.2, 0.25) is 0 Å². The first-order chi connectivity index (χ1) is 9.95. The van der Waals surface area contributed by atoms with Gasteiger partial charge in [0.15, 0.2) is 0 Å². The van der Waals surface area contributed by atoms with Crippen molar-refractivity contribution in [1.29, 1.82) is 0 Å². The van der Waals surface area contributed by atoms with Gasteiger partial charge in [0.1, 0.15) is 0 Å². The number of fused-ring (bicyclic) bond motifs is 1. The summed E-state index contributed by atoms with van der Waals surface area (Å²) in [6.45, 7) is 0. The summed E-state index contributed by atoms with van der Waals surface area (Å²) in [5, 5.41) is 4.98. The van der Waals surface area contributed by atoms with Crippen LogP contribution in [0.4, 0.5) is 18.9 Å². The average Bonchev–Trinajstić information content (AvgIpc) is 2.89. The molecule has 0 radical (unpaired) electrons. The Hall–Kier alpha value is -1.20. The largest absolute Gasteiger partial charge is 0.417 e. The van der Waals surface area contributed by atoms with Crippen LogP contribution in [0.25, 0.3) is 0 Å². The van der Waals surface area contributed by atoms with Crippen LogP contribution >= 0.6 is 22.9 Å². The minimum atomic E-state index is -4.44. The summed E-state index contributed by atoms with van der Waals surface area (Å²) in [6, 6.07) is 6.10. The lowest BCUT2D eigenvalue weighted by Crippen LogP contribution is -2.16. The van der Waals surface area contributed by atoms with Gasteiger partial charge in [0.25, 0.3) is 0 Å². The molecule has 6 heteroatoms. The van der Waals surface area contributed by atoms with Gasteiger partial charge in [-0.15, -0.1) is 11.3 Å².